The van der Waals surface area contributed by atoms with Gasteiger partial charge in [0, 0.05) is 17.2 Å². The van der Waals surface area contributed by atoms with Crippen molar-refractivity contribution in [2.75, 3.05) is 6.54 Å². The largest absolute Gasteiger partial charge is 0.356 e. The van der Waals surface area contributed by atoms with Gasteiger partial charge in [0.25, 0.3) is 0 Å². The molecule has 1 fully saturated rings. The van der Waals surface area contributed by atoms with Crippen LogP contribution in [0.1, 0.15) is 23.5 Å². The second-order valence-corrected chi connectivity index (χ2v) is 7.21. The van der Waals surface area contributed by atoms with Gasteiger partial charge < -0.3 is 5.32 Å². The summed E-state index contributed by atoms with van der Waals surface area (Å²) in [4.78, 5) is 12.3. The molecule has 2 unspecified atom stereocenters. The maximum absolute atomic E-state index is 13.0. The molecule has 122 valence electrons. The molecule has 1 amide bonds. The molecular weight excluding hydrogens is 321 g/mol. The molecule has 2 atom stereocenters. The summed E-state index contributed by atoms with van der Waals surface area (Å²) in [5.74, 6) is 0.162. The first-order chi connectivity index (χ1) is 11.7. The van der Waals surface area contributed by atoms with Crippen molar-refractivity contribution in [1.82, 2.24) is 5.32 Å². The van der Waals surface area contributed by atoms with Crippen molar-refractivity contribution < 1.29 is 9.18 Å². The molecule has 2 aromatic carbocycles. The fourth-order valence-electron chi connectivity index (χ4n) is 3.24. The number of rotatable bonds is 5. The lowest BCUT2D eigenvalue weighted by Gasteiger charge is -2.05. The Morgan fingerprint density at radius 2 is 1.96 bits per heavy atom. The molecule has 2 nitrogen and oxygen atoms in total. The van der Waals surface area contributed by atoms with E-state index in [1.807, 2.05) is 6.07 Å². The van der Waals surface area contributed by atoms with E-state index in [1.54, 1.807) is 23.5 Å². The van der Waals surface area contributed by atoms with Crippen molar-refractivity contribution in [2.24, 2.45) is 5.92 Å². The smallest absolute Gasteiger partial charge is 0.223 e. The molecule has 1 aromatic heterocycles. The third-order valence-corrected chi connectivity index (χ3v) is 5.69. The zero-order valence-corrected chi connectivity index (χ0v) is 14.0. The van der Waals surface area contributed by atoms with E-state index in [2.05, 4.69) is 28.9 Å². The van der Waals surface area contributed by atoms with E-state index >= 15 is 0 Å². The van der Waals surface area contributed by atoms with E-state index in [1.165, 1.54) is 27.8 Å². The molecular formula is C20H18FNOS. The molecule has 4 rings (SSSR count). The molecule has 0 bridgehead atoms. The lowest BCUT2D eigenvalue weighted by atomic mass is 10.1. The van der Waals surface area contributed by atoms with E-state index in [4.69, 9.17) is 0 Å². The second-order valence-electron chi connectivity index (χ2n) is 6.30. The summed E-state index contributed by atoms with van der Waals surface area (Å²) in [6, 6.07) is 14.8. The van der Waals surface area contributed by atoms with Crippen LogP contribution >= 0.6 is 11.3 Å². The summed E-state index contributed by atoms with van der Waals surface area (Å²) in [6.45, 7) is 0.659. The quantitative estimate of drug-likeness (QED) is 0.728. The predicted octanol–water partition coefficient (Wildman–Crippen LogP) is 4.50. The van der Waals surface area contributed by atoms with Crippen LogP contribution in [0.3, 0.4) is 0 Å². The summed E-state index contributed by atoms with van der Waals surface area (Å²) in [5.41, 5.74) is 2.35. The Hall–Kier alpha value is -2.20. The molecule has 0 spiro atoms. The summed E-state index contributed by atoms with van der Waals surface area (Å²) in [6.07, 6.45) is 1.71. The summed E-state index contributed by atoms with van der Waals surface area (Å²) >= 11 is 1.75. The minimum atomic E-state index is -0.233. The van der Waals surface area contributed by atoms with Gasteiger partial charge in [-0.3, -0.25) is 4.79 Å². The Morgan fingerprint density at radius 1 is 1.17 bits per heavy atom. The maximum Gasteiger partial charge on any atom is 0.223 e. The number of hydrogen-bond donors (Lipinski definition) is 1. The Labute approximate surface area is 144 Å². The van der Waals surface area contributed by atoms with Crippen LogP contribution in [0.2, 0.25) is 0 Å². The number of nitrogens with one attached hydrogen (secondary N) is 1. The van der Waals surface area contributed by atoms with Crippen molar-refractivity contribution in [3.63, 3.8) is 0 Å². The molecule has 0 aliphatic heterocycles. The molecule has 3 aromatic rings. The van der Waals surface area contributed by atoms with Gasteiger partial charge in [0.1, 0.15) is 5.82 Å². The van der Waals surface area contributed by atoms with Gasteiger partial charge >= 0.3 is 0 Å². The van der Waals surface area contributed by atoms with Crippen LogP contribution in [-0.4, -0.2) is 12.5 Å². The first kappa shape index (κ1) is 15.3. The van der Waals surface area contributed by atoms with Gasteiger partial charge in [-0.1, -0.05) is 30.3 Å². The Balaban J connectivity index is 1.31. The minimum absolute atomic E-state index is 0.0367. The number of amides is 1. The lowest BCUT2D eigenvalue weighted by molar-refractivity contribution is -0.122. The SMILES string of the molecule is O=C(NCCc1csc2ccccc12)C1CC1c1ccc(F)cc1. The number of hydrogen-bond acceptors (Lipinski definition) is 2. The van der Waals surface area contributed by atoms with Crippen LogP contribution in [-0.2, 0) is 11.2 Å². The van der Waals surface area contributed by atoms with Gasteiger partial charge in [-0.05, 0) is 58.9 Å². The highest BCUT2D eigenvalue weighted by atomic mass is 32.1. The van der Waals surface area contributed by atoms with Crippen LogP contribution in [0.15, 0.2) is 53.9 Å². The first-order valence-electron chi connectivity index (χ1n) is 8.20. The van der Waals surface area contributed by atoms with E-state index in [0.717, 1.165) is 18.4 Å². The highest BCUT2D eigenvalue weighted by molar-refractivity contribution is 7.17. The lowest BCUT2D eigenvalue weighted by Crippen LogP contribution is -2.27. The fourth-order valence-corrected chi connectivity index (χ4v) is 4.24. The van der Waals surface area contributed by atoms with Crippen molar-refractivity contribution in [3.05, 3.63) is 70.9 Å². The van der Waals surface area contributed by atoms with E-state index < -0.39 is 0 Å². The highest BCUT2D eigenvalue weighted by Crippen LogP contribution is 2.47. The van der Waals surface area contributed by atoms with Crippen molar-refractivity contribution in [1.29, 1.82) is 0 Å². The maximum atomic E-state index is 13.0. The molecule has 1 heterocycles. The zero-order chi connectivity index (χ0) is 16.5. The van der Waals surface area contributed by atoms with Gasteiger partial charge in [-0.25, -0.2) is 4.39 Å². The van der Waals surface area contributed by atoms with Crippen LogP contribution in [0, 0.1) is 11.7 Å². The van der Waals surface area contributed by atoms with Gasteiger partial charge in [0.2, 0.25) is 5.91 Å². The van der Waals surface area contributed by atoms with E-state index in [9.17, 15) is 9.18 Å². The van der Waals surface area contributed by atoms with Crippen LogP contribution < -0.4 is 5.32 Å². The van der Waals surface area contributed by atoms with Crippen LogP contribution in [0.4, 0.5) is 4.39 Å². The first-order valence-corrected chi connectivity index (χ1v) is 9.08. The number of fused-ring (bicyclic) bond motifs is 1. The standard InChI is InChI=1S/C20H18FNOS/c21-15-7-5-13(6-8-15)17-11-18(17)20(23)22-10-9-14-12-24-19-4-2-1-3-16(14)19/h1-8,12,17-18H,9-11H2,(H,22,23). The highest BCUT2D eigenvalue weighted by Gasteiger charge is 2.43. The van der Waals surface area contributed by atoms with Gasteiger partial charge in [0.15, 0.2) is 0 Å². The molecule has 1 N–H and O–H groups in total. The van der Waals surface area contributed by atoms with E-state index in [-0.39, 0.29) is 23.6 Å². The fraction of sp³-hybridized carbons (Fsp3) is 0.250. The molecule has 24 heavy (non-hydrogen) atoms. The monoisotopic (exact) mass is 339 g/mol. The molecule has 1 saturated carbocycles. The second kappa shape index (κ2) is 6.36. The number of benzene rings is 2. The van der Waals surface area contributed by atoms with Crippen molar-refractivity contribution in [3.8, 4) is 0 Å². The molecule has 4 heteroatoms. The number of halogens is 1. The third-order valence-electron chi connectivity index (χ3n) is 4.68. The molecule has 1 aliphatic rings. The predicted molar refractivity (Wildman–Crippen MR) is 95.8 cm³/mol. The number of carbonyl (C=O) groups is 1. The average Bonchev–Trinajstić information content (AvgIpc) is 3.30. The summed E-state index contributed by atoms with van der Waals surface area (Å²) in [5, 5.41) is 6.51. The average molecular weight is 339 g/mol. The summed E-state index contributed by atoms with van der Waals surface area (Å²) < 4.78 is 14.2. The topological polar surface area (TPSA) is 29.1 Å². The van der Waals surface area contributed by atoms with E-state index in [0.29, 0.717) is 6.54 Å². The van der Waals surface area contributed by atoms with Crippen molar-refractivity contribution >= 4 is 27.3 Å². The normalized spacial score (nSPS) is 19.4. The Kier molecular flexibility index (Phi) is 4.07. The Morgan fingerprint density at radius 3 is 2.79 bits per heavy atom. The van der Waals surface area contributed by atoms with Crippen LogP contribution in [0.5, 0.6) is 0 Å². The molecule has 1 aliphatic carbocycles. The molecule has 0 radical (unpaired) electrons. The van der Waals surface area contributed by atoms with Gasteiger partial charge in [-0.15, -0.1) is 11.3 Å². The van der Waals surface area contributed by atoms with Crippen LogP contribution in [0.25, 0.3) is 10.1 Å². The van der Waals surface area contributed by atoms with Gasteiger partial charge in [0.05, 0.1) is 0 Å². The van der Waals surface area contributed by atoms with Crippen molar-refractivity contribution in [2.45, 2.75) is 18.8 Å². The minimum Gasteiger partial charge on any atom is -0.356 e. The Bertz CT molecular complexity index is 871. The molecule has 0 saturated heterocycles. The summed E-state index contributed by atoms with van der Waals surface area (Å²) in [7, 11) is 0. The van der Waals surface area contributed by atoms with Gasteiger partial charge in [-0.2, -0.15) is 0 Å². The third kappa shape index (κ3) is 3.06. The number of carbonyl (C=O) groups excluding carboxylic acids is 1. The zero-order valence-electron chi connectivity index (χ0n) is 13.2. The number of thiophene rings is 1.